The predicted octanol–water partition coefficient (Wildman–Crippen LogP) is 3.31. The van der Waals surface area contributed by atoms with E-state index in [9.17, 15) is 4.79 Å². The molecule has 1 aromatic rings. The summed E-state index contributed by atoms with van der Waals surface area (Å²) in [4.78, 5) is 12.1. The van der Waals surface area contributed by atoms with Gasteiger partial charge in [0.25, 0.3) is 0 Å². The molecule has 1 aliphatic carbocycles. The van der Waals surface area contributed by atoms with Gasteiger partial charge in [-0.3, -0.25) is 4.79 Å². The van der Waals surface area contributed by atoms with Crippen molar-refractivity contribution >= 4 is 12.0 Å². The Morgan fingerprint density at radius 3 is 2.88 bits per heavy atom. The Bertz CT molecular complexity index is 634. The smallest absolute Gasteiger partial charge is 0.244 e. The maximum atomic E-state index is 12.1. The molecule has 0 aromatic heterocycles. The first kappa shape index (κ1) is 17.9. The van der Waals surface area contributed by atoms with Crippen LogP contribution in [0.2, 0.25) is 0 Å². The fraction of sp³-hybridized carbons (Fsp3) is 0.474. The van der Waals surface area contributed by atoms with Crippen molar-refractivity contribution < 1.29 is 14.3 Å². The van der Waals surface area contributed by atoms with Gasteiger partial charge in [-0.1, -0.05) is 25.8 Å². The molecule has 0 bridgehead atoms. The Morgan fingerprint density at radius 2 is 2.17 bits per heavy atom. The van der Waals surface area contributed by atoms with E-state index >= 15 is 0 Å². The normalized spacial score (nSPS) is 20.4. The standard InChI is InChI=1S/C19H24N2O3/c1-14-5-3-4-6-16(14)21-19(22)10-8-15-7-9-17(24-12-11-20)18(13-15)23-2/h7-10,13-14,16H,3-6,12H2,1-2H3,(H,21,22). The molecule has 2 unspecified atom stereocenters. The molecule has 5 nitrogen and oxygen atoms in total. The molecule has 2 rings (SSSR count). The number of hydrogen-bond donors (Lipinski definition) is 1. The number of amides is 1. The fourth-order valence-corrected chi connectivity index (χ4v) is 2.95. The minimum Gasteiger partial charge on any atom is -0.493 e. The topological polar surface area (TPSA) is 71.3 Å². The van der Waals surface area contributed by atoms with Crippen LogP contribution in [0.15, 0.2) is 24.3 Å². The van der Waals surface area contributed by atoms with Crippen LogP contribution in [0.1, 0.15) is 38.2 Å². The van der Waals surface area contributed by atoms with Gasteiger partial charge in [-0.15, -0.1) is 0 Å². The van der Waals surface area contributed by atoms with E-state index in [1.165, 1.54) is 19.3 Å². The SMILES string of the molecule is COc1cc(C=CC(=O)NC2CCCCC2C)ccc1OCC#N. The fourth-order valence-electron chi connectivity index (χ4n) is 2.95. The second-order valence-electron chi connectivity index (χ2n) is 6.07. The van der Waals surface area contributed by atoms with Crippen molar-refractivity contribution in [1.82, 2.24) is 5.32 Å². The highest BCUT2D eigenvalue weighted by Gasteiger charge is 2.21. The van der Waals surface area contributed by atoms with E-state index < -0.39 is 0 Å². The summed E-state index contributed by atoms with van der Waals surface area (Å²) in [5.41, 5.74) is 0.836. The molecule has 1 aromatic carbocycles. The van der Waals surface area contributed by atoms with Gasteiger partial charge in [0.2, 0.25) is 5.91 Å². The van der Waals surface area contributed by atoms with E-state index in [0.29, 0.717) is 17.4 Å². The Hall–Kier alpha value is -2.48. The lowest BCUT2D eigenvalue weighted by Crippen LogP contribution is -2.40. The van der Waals surface area contributed by atoms with Crippen LogP contribution < -0.4 is 14.8 Å². The van der Waals surface area contributed by atoms with Crippen LogP contribution in [-0.4, -0.2) is 25.7 Å². The number of carbonyl (C=O) groups excluding carboxylic acids is 1. The number of carbonyl (C=O) groups is 1. The third-order valence-corrected chi connectivity index (χ3v) is 4.35. The Balaban J connectivity index is 1.97. The van der Waals surface area contributed by atoms with E-state index in [1.54, 1.807) is 31.4 Å². The van der Waals surface area contributed by atoms with Crippen molar-refractivity contribution in [2.75, 3.05) is 13.7 Å². The van der Waals surface area contributed by atoms with E-state index in [4.69, 9.17) is 14.7 Å². The summed E-state index contributed by atoms with van der Waals surface area (Å²) in [6.45, 7) is 2.16. The summed E-state index contributed by atoms with van der Waals surface area (Å²) in [7, 11) is 1.54. The number of rotatable bonds is 6. The molecule has 24 heavy (non-hydrogen) atoms. The summed E-state index contributed by atoms with van der Waals surface area (Å²) in [5, 5.41) is 11.7. The van der Waals surface area contributed by atoms with Gasteiger partial charge in [-0.2, -0.15) is 5.26 Å². The number of benzene rings is 1. The highest BCUT2D eigenvalue weighted by Crippen LogP contribution is 2.28. The van der Waals surface area contributed by atoms with Gasteiger partial charge in [0.05, 0.1) is 7.11 Å². The molecule has 5 heteroatoms. The van der Waals surface area contributed by atoms with Gasteiger partial charge in [0.15, 0.2) is 18.1 Å². The predicted molar refractivity (Wildman–Crippen MR) is 92.7 cm³/mol. The lowest BCUT2D eigenvalue weighted by molar-refractivity contribution is -0.117. The first-order valence-electron chi connectivity index (χ1n) is 8.30. The summed E-state index contributed by atoms with van der Waals surface area (Å²) in [6, 6.07) is 7.52. The van der Waals surface area contributed by atoms with E-state index in [2.05, 4.69) is 12.2 Å². The molecule has 0 radical (unpaired) electrons. The molecular weight excluding hydrogens is 304 g/mol. The zero-order chi connectivity index (χ0) is 17.4. The summed E-state index contributed by atoms with van der Waals surface area (Å²) in [5.74, 6) is 1.51. The third kappa shape index (κ3) is 5.02. The second kappa shape index (κ2) is 8.97. The van der Waals surface area contributed by atoms with Crippen LogP contribution in [0.4, 0.5) is 0 Å². The quantitative estimate of drug-likeness (QED) is 0.813. The molecule has 1 amide bonds. The summed E-state index contributed by atoms with van der Waals surface area (Å²) >= 11 is 0. The van der Waals surface area contributed by atoms with E-state index in [1.807, 2.05) is 12.1 Å². The zero-order valence-electron chi connectivity index (χ0n) is 14.2. The Morgan fingerprint density at radius 1 is 1.38 bits per heavy atom. The number of hydrogen-bond acceptors (Lipinski definition) is 4. The Labute approximate surface area is 143 Å². The lowest BCUT2D eigenvalue weighted by atomic mass is 9.86. The average Bonchev–Trinajstić information content (AvgIpc) is 2.60. The largest absolute Gasteiger partial charge is 0.493 e. The van der Waals surface area contributed by atoms with Gasteiger partial charge in [0.1, 0.15) is 6.07 Å². The second-order valence-corrected chi connectivity index (χ2v) is 6.07. The summed E-state index contributed by atoms with van der Waals surface area (Å²) in [6.07, 6.45) is 7.96. The molecule has 1 N–H and O–H groups in total. The van der Waals surface area contributed by atoms with Crippen LogP contribution in [0.3, 0.4) is 0 Å². The highest BCUT2D eigenvalue weighted by atomic mass is 16.5. The van der Waals surface area contributed by atoms with E-state index in [0.717, 1.165) is 12.0 Å². The number of nitriles is 1. The molecule has 1 aliphatic rings. The first-order valence-corrected chi connectivity index (χ1v) is 8.30. The lowest BCUT2D eigenvalue weighted by Gasteiger charge is -2.29. The first-order chi connectivity index (χ1) is 11.6. The maximum absolute atomic E-state index is 12.1. The van der Waals surface area contributed by atoms with Crippen molar-refractivity contribution in [1.29, 1.82) is 5.26 Å². The molecule has 128 valence electrons. The highest BCUT2D eigenvalue weighted by molar-refractivity contribution is 5.92. The van der Waals surface area contributed by atoms with Crippen LogP contribution in [0, 0.1) is 17.2 Å². The maximum Gasteiger partial charge on any atom is 0.244 e. The van der Waals surface area contributed by atoms with Crippen LogP contribution in [0.5, 0.6) is 11.5 Å². The van der Waals surface area contributed by atoms with Crippen molar-refractivity contribution in [2.45, 2.75) is 38.6 Å². The number of ether oxygens (including phenoxy) is 2. The number of nitrogens with one attached hydrogen (secondary N) is 1. The minimum absolute atomic E-state index is 0.0342. The third-order valence-electron chi connectivity index (χ3n) is 4.35. The van der Waals surface area contributed by atoms with Gasteiger partial charge in [0, 0.05) is 12.1 Å². The molecule has 0 aliphatic heterocycles. The van der Waals surface area contributed by atoms with Crippen molar-refractivity contribution in [2.24, 2.45) is 5.92 Å². The van der Waals surface area contributed by atoms with Gasteiger partial charge >= 0.3 is 0 Å². The van der Waals surface area contributed by atoms with Gasteiger partial charge < -0.3 is 14.8 Å². The molecule has 1 fully saturated rings. The molecule has 0 spiro atoms. The molecule has 1 saturated carbocycles. The molecular formula is C19H24N2O3. The number of nitrogens with zero attached hydrogens (tertiary/aromatic N) is 1. The van der Waals surface area contributed by atoms with E-state index in [-0.39, 0.29) is 18.6 Å². The van der Waals surface area contributed by atoms with Crippen molar-refractivity contribution in [3.63, 3.8) is 0 Å². The minimum atomic E-state index is -0.0717. The molecule has 2 atom stereocenters. The van der Waals surface area contributed by atoms with Crippen LogP contribution >= 0.6 is 0 Å². The van der Waals surface area contributed by atoms with Crippen LogP contribution in [-0.2, 0) is 4.79 Å². The molecule has 0 heterocycles. The van der Waals surface area contributed by atoms with Gasteiger partial charge in [-0.25, -0.2) is 0 Å². The Kier molecular flexibility index (Phi) is 6.68. The molecule has 0 saturated heterocycles. The summed E-state index contributed by atoms with van der Waals surface area (Å²) < 4.78 is 10.5. The van der Waals surface area contributed by atoms with Crippen molar-refractivity contribution in [3.8, 4) is 17.6 Å². The zero-order valence-corrected chi connectivity index (χ0v) is 14.2. The van der Waals surface area contributed by atoms with Crippen molar-refractivity contribution in [3.05, 3.63) is 29.8 Å². The number of methoxy groups -OCH3 is 1. The monoisotopic (exact) mass is 328 g/mol. The van der Waals surface area contributed by atoms with Gasteiger partial charge in [-0.05, 0) is 42.5 Å². The average molecular weight is 328 g/mol. The van der Waals surface area contributed by atoms with Crippen LogP contribution in [0.25, 0.3) is 6.08 Å².